The van der Waals surface area contributed by atoms with Crippen LogP contribution in [0.1, 0.15) is 57.8 Å². The molecule has 0 spiro atoms. The van der Waals surface area contributed by atoms with Crippen LogP contribution in [0.3, 0.4) is 0 Å². The Morgan fingerprint density at radius 1 is 0.909 bits per heavy atom. The number of ether oxygens (including phenoxy) is 1. The highest BCUT2D eigenvalue weighted by molar-refractivity contribution is 5.79. The summed E-state index contributed by atoms with van der Waals surface area (Å²) >= 11 is 0. The lowest BCUT2D eigenvalue weighted by Gasteiger charge is -2.40. The van der Waals surface area contributed by atoms with Crippen molar-refractivity contribution in [3.05, 3.63) is 0 Å². The zero-order valence-corrected chi connectivity index (χ0v) is 14.0. The molecule has 4 heteroatoms. The molecule has 22 heavy (non-hydrogen) atoms. The lowest BCUT2D eigenvalue weighted by molar-refractivity contribution is -0.140. The number of nitrogens with zero attached hydrogens (tertiary/aromatic N) is 2. The molecule has 2 heterocycles. The largest absolute Gasteiger partial charge is 0.379 e. The van der Waals surface area contributed by atoms with E-state index in [0.29, 0.717) is 17.9 Å². The third kappa shape index (κ3) is 4.23. The molecule has 1 amide bonds. The van der Waals surface area contributed by atoms with Crippen molar-refractivity contribution >= 4 is 5.91 Å². The Labute approximate surface area is 135 Å². The lowest BCUT2D eigenvalue weighted by Crippen LogP contribution is -2.48. The second-order valence-corrected chi connectivity index (χ2v) is 7.26. The fourth-order valence-electron chi connectivity index (χ4n) is 4.33. The molecular weight excluding hydrogens is 276 g/mol. The van der Waals surface area contributed by atoms with Gasteiger partial charge in [-0.1, -0.05) is 19.3 Å². The van der Waals surface area contributed by atoms with Crippen LogP contribution in [0.15, 0.2) is 0 Å². The smallest absolute Gasteiger partial charge is 0.225 e. The number of carbonyl (C=O) groups is 1. The van der Waals surface area contributed by atoms with Gasteiger partial charge in [0.05, 0.1) is 13.2 Å². The number of rotatable bonds is 4. The first kappa shape index (κ1) is 16.3. The fourth-order valence-corrected chi connectivity index (χ4v) is 4.33. The quantitative estimate of drug-likeness (QED) is 0.800. The molecular formula is C18H32N2O2. The average Bonchev–Trinajstić information content (AvgIpc) is 2.61. The van der Waals surface area contributed by atoms with Crippen LogP contribution in [0, 0.1) is 5.92 Å². The molecule has 126 valence electrons. The van der Waals surface area contributed by atoms with Crippen LogP contribution in [0.25, 0.3) is 0 Å². The summed E-state index contributed by atoms with van der Waals surface area (Å²) in [5, 5.41) is 0. The maximum atomic E-state index is 12.9. The highest BCUT2D eigenvalue weighted by Crippen LogP contribution is 2.29. The Bertz CT molecular complexity index is 349. The molecule has 1 atom stereocenters. The molecule has 4 nitrogen and oxygen atoms in total. The van der Waals surface area contributed by atoms with Crippen molar-refractivity contribution in [3.8, 4) is 0 Å². The molecule has 3 fully saturated rings. The van der Waals surface area contributed by atoms with E-state index in [-0.39, 0.29) is 0 Å². The summed E-state index contributed by atoms with van der Waals surface area (Å²) in [6.45, 7) is 5.99. The van der Waals surface area contributed by atoms with Crippen molar-refractivity contribution in [2.75, 3.05) is 39.4 Å². The van der Waals surface area contributed by atoms with Crippen molar-refractivity contribution in [1.82, 2.24) is 9.80 Å². The van der Waals surface area contributed by atoms with E-state index in [1.807, 2.05) is 0 Å². The number of hydrogen-bond donors (Lipinski definition) is 0. The van der Waals surface area contributed by atoms with E-state index < -0.39 is 0 Å². The van der Waals surface area contributed by atoms with Crippen molar-refractivity contribution in [2.24, 2.45) is 5.92 Å². The zero-order chi connectivity index (χ0) is 15.2. The van der Waals surface area contributed by atoms with Gasteiger partial charge in [0.1, 0.15) is 0 Å². The highest BCUT2D eigenvalue weighted by atomic mass is 16.5. The second-order valence-electron chi connectivity index (χ2n) is 7.26. The van der Waals surface area contributed by atoms with Gasteiger partial charge in [-0.3, -0.25) is 9.69 Å². The van der Waals surface area contributed by atoms with E-state index in [1.165, 1.54) is 38.5 Å². The van der Waals surface area contributed by atoms with Gasteiger partial charge in [0.15, 0.2) is 0 Å². The first-order valence-corrected chi connectivity index (χ1v) is 9.45. The minimum atomic E-state index is 0.331. The third-order valence-corrected chi connectivity index (χ3v) is 5.75. The summed E-state index contributed by atoms with van der Waals surface area (Å²) in [5.74, 6) is 0.809. The van der Waals surface area contributed by atoms with Crippen molar-refractivity contribution in [1.29, 1.82) is 0 Å². The van der Waals surface area contributed by atoms with Crippen LogP contribution < -0.4 is 0 Å². The molecule has 0 bridgehead atoms. The molecule has 0 aromatic rings. The number of piperidine rings is 1. The minimum absolute atomic E-state index is 0.331. The SMILES string of the molecule is O=C(C1CCCCC1)N1CCCCC1CCN1CCOCC1. The van der Waals surface area contributed by atoms with E-state index in [4.69, 9.17) is 4.74 Å². The van der Waals surface area contributed by atoms with Crippen LogP contribution >= 0.6 is 0 Å². The zero-order valence-electron chi connectivity index (χ0n) is 14.0. The first-order valence-electron chi connectivity index (χ1n) is 9.45. The van der Waals surface area contributed by atoms with Gasteiger partial charge in [-0.2, -0.15) is 0 Å². The Hall–Kier alpha value is -0.610. The normalized spacial score (nSPS) is 28.7. The Morgan fingerprint density at radius 2 is 1.64 bits per heavy atom. The van der Waals surface area contributed by atoms with Gasteiger partial charge < -0.3 is 9.64 Å². The van der Waals surface area contributed by atoms with E-state index in [9.17, 15) is 4.79 Å². The molecule has 1 saturated carbocycles. The van der Waals surface area contributed by atoms with Gasteiger partial charge in [-0.15, -0.1) is 0 Å². The Balaban J connectivity index is 1.52. The van der Waals surface area contributed by atoms with Gasteiger partial charge in [0, 0.05) is 38.1 Å². The predicted octanol–water partition coefficient (Wildman–Crippen LogP) is 2.67. The molecule has 0 aromatic heterocycles. The molecule has 3 rings (SSSR count). The molecule has 2 aliphatic heterocycles. The average molecular weight is 308 g/mol. The van der Waals surface area contributed by atoms with Crippen molar-refractivity contribution in [3.63, 3.8) is 0 Å². The number of amides is 1. The number of morpholine rings is 1. The Morgan fingerprint density at radius 3 is 2.41 bits per heavy atom. The van der Waals surface area contributed by atoms with Crippen LogP contribution in [0.5, 0.6) is 0 Å². The number of hydrogen-bond acceptors (Lipinski definition) is 3. The molecule has 1 unspecified atom stereocenters. The maximum Gasteiger partial charge on any atom is 0.225 e. The minimum Gasteiger partial charge on any atom is -0.379 e. The fraction of sp³-hybridized carbons (Fsp3) is 0.944. The van der Waals surface area contributed by atoms with Gasteiger partial charge in [-0.25, -0.2) is 0 Å². The molecule has 2 saturated heterocycles. The highest BCUT2D eigenvalue weighted by Gasteiger charge is 2.32. The molecule has 1 aliphatic carbocycles. The lowest BCUT2D eigenvalue weighted by atomic mass is 9.87. The monoisotopic (exact) mass is 308 g/mol. The predicted molar refractivity (Wildman–Crippen MR) is 87.8 cm³/mol. The van der Waals surface area contributed by atoms with Crippen molar-refractivity contribution < 1.29 is 9.53 Å². The van der Waals surface area contributed by atoms with Gasteiger partial charge in [-0.05, 0) is 38.5 Å². The topological polar surface area (TPSA) is 32.8 Å². The van der Waals surface area contributed by atoms with Crippen LogP contribution in [-0.2, 0) is 9.53 Å². The van der Waals surface area contributed by atoms with Gasteiger partial charge in [0.2, 0.25) is 5.91 Å². The third-order valence-electron chi connectivity index (χ3n) is 5.75. The summed E-state index contributed by atoms with van der Waals surface area (Å²) in [4.78, 5) is 17.7. The number of likely N-dealkylation sites (tertiary alicyclic amines) is 1. The van der Waals surface area contributed by atoms with E-state index in [1.54, 1.807) is 0 Å². The maximum absolute atomic E-state index is 12.9. The number of carbonyl (C=O) groups excluding carboxylic acids is 1. The van der Waals surface area contributed by atoms with Crippen LogP contribution in [0.4, 0.5) is 0 Å². The summed E-state index contributed by atoms with van der Waals surface area (Å²) in [6, 6.07) is 0.492. The molecule has 0 radical (unpaired) electrons. The standard InChI is InChI=1S/C18H32N2O2/c21-18(16-6-2-1-3-7-16)20-10-5-4-8-17(20)9-11-19-12-14-22-15-13-19/h16-17H,1-15H2. The first-order chi connectivity index (χ1) is 10.8. The van der Waals surface area contributed by atoms with Crippen LogP contribution in [-0.4, -0.2) is 61.1 Å². The van der Waals surface area contributed by atoms with Gasteiger partial charge in [0.25, 0.3) is 0 Å². The molecule has 0 N–H and O–H groups in total. The van der Waals surface area contributed by atoms with E-state index in [2.05, 4.69) is 9.80 Å². The summed E-state index contributed by atoms with van der Waals surface area (Å²) in [6.07, 6.45) is 10.9. The summed E-state index contributed by atoms with van der Waals surface area (Å²) in [5.41, 5.74) is 0. The summed E-state index contributed by atoms with van der Waals surface area (Å²) < 4.78 is 5.42. The molecule has 0 aromatic carbocycles. The van der Waals surface area contributed by atoms with Crippen LogP contribution in [0.2, 0.25) is 0 Å². The van der Waals surface area contributed by atoms with Crippen molar-refractivity contribution in [2.45, 2.75) is 63.8 Å². The van der Waals surface area contributed by atoms with Gasteiger partial charge >= 0.3 is 0 Å². The van der Waals surface area contributed by atoms with E-state index >= 15 is 0 Å². The summed E-state index contributed by atoms with van der Waals surface area (Å²) in [7, 11) is 0. The Kier molecular flexibility index (Phi) is 6.13. The molecule has 3 aliphatic rings. The second kappa shape index (κ2) is 8.30. The van der Waals surface area contributed by atoms with E-state index in [0.717, 1.165) is 58.7 Å².